The van der Waals surface area contributed by atoms with Crippen LogP contribution in [0.3, 0.4) is 0 Å². The van der Waals surface area contributed by atoms with E-state index < -0.39 is 0 Å². The number of nitrogens with one attached hydrogen (secondary N) is 1. The first-order valence-electron chi connectivity index (χ1n) is 7.87. The molecule has 0 saturated heterocycles. The fourth-order valence-corrected chi connectivity index (χ4v) is 2.44. The maximum atomic E-state index is 7.05. The van der Waals surface area contributed by atoms with Crippen LogP contribution in [0.15, 0.2) is 47.7 Å². The van der Waals surface area contributed by atoms with Crippen LogP contribution in [0.2, 0.25) is 0 Å². The lowest BCUT2D eigenvalue weighted by molar-refractivity contribution is 0.830. The summed E-state index contributed by atoms with van der Waals surface area (Å²) < 4.78 is 0. The van der Waals surface area contributed by atoms with Gasteiger partial charge in [0.15, 0.2) is 17.5 Å². The van der Waals surface area contributed by atoms with Crippen LogP contribution in [-0.4, -0.2) is 27.0 Å². The Kier molecular flexibility index (Phi) is 4.99. The highest BCUT2D eigenvalue weighted by Gasteiger charge is 2.12. The number of amidine groups is 1. The van der Waals surface area contributed by atoms with Crippen molar-refractivity contribution in [2.24, 2.45) is 16.6 Å². The summed E-state index contributed by atoms with van der Waals surface area (Å²) in [5.74, 6) is 7.19. The highest BCUT2D eigenvalue weighted by atomic mass is 15.4. The minimum atomic E-state index is 0.194. The Hall–Kier alpha value is -3.59. The molecule has 9 nitrogen and oxygen atoms in total. The van der Waals surface area contributed by atoms with Crippen LogP contribution in [0.25, 0.3) is 10.9 Å². The highest BCUT2D eigenvalue weighted by Crippen LogP contribution is 2.22. The van der Waals surface area contributed by atoms with Crippen molar-refractivity contribution >= 4 is 40.4 Å². The van der Waals surface area contributed by atoms with Gasteiger partial charge in [-0.25, -0.2) is 20.8 Å². The summed E-state index contributed by atoms with van der Waals surface area (Å²) in [6, 6.07) is 9.77. The predicted molar refractivity (Wildman–Crippen MR) is 103 cm³/mol. The van der Waals surface area contributed by atoms with Gasteiger partial charge in [-0.15, -0.1) is 0 Å². The third-order valence-electron chi connectivity index (χ3n) is 3.63. The Labute approximate surface area is 150 Å². The largest absolute Gasteiger partial charge is 0.387 e. The molecule has 1 aromatic carbocycles. The lowest BCUT2D eigenvalue weighted by Crippen LogP contribution is -2.32. The van der Waals surface area contributed by atoms with E-state index in [2.05, 4.69) is 19.9 Å². The summed E-state index contributed by atoms with van der Waals surface area (Å²) in [6.07, 6.45) is 4.56. The van der Waals surface area contributed by atoms with Crippen LogP contribution in [0.1, 0.15) is 12.0 Å². The predicted octanol–water partition coefficient (Wildman–Crippen LogP) is 1.52. The molecule has 0 saturated carbocycles. The first-order chi connectivity index (χ1) is 12.6. The minimum Gasteiger partial charge on any atom is -0.387 e. The summed E-state index contributed by atoms with van der Waals surface area (Å²) in [6.45, 7) is 0.382. The number of nitrogen functional groups attached to an aromatic ring is 1. The zero-order valence-electron chi connectivity index (χ0n) is 14.0. The molecule has 0 fully saturated rings. The van der Waals surface area contributed by atoms with E-state index in [4.69, 9.17) is 22.7 Å². The van der Waals surface area contributed by atoms with Crippen molar-refractivity contribution in [3.05, 3.63) is 48.3 Å². The topological polar surface area (TPSA) is 156 Å². The zero-order valence-corrected chi connectivity index (χ0v) is 14.0. The van der Waals surface area contributed by atoms with Gasteiger partial charge in [-0.2, -0.15) is 0 Å². The second kappa shape index (κ2) is 7.53. The van der Waals surface area contributed by atoms with Gasteiger partial charge in [0, 0.05) is 24.2 Å². The van der Waals surface area contributed by atoms with Crippen LogP contribution < -0.4 is 22.3 Å². The molecule has 0 aliphatic heterocycles. The molecule has 0 unspecified atom stereocenters. The second-order valence-corrected chi connectivity index (χ2v) is 5.61. The fourth-order valence-electron chi connectivity index (χ4n) is 2.44. The maximum Gasteiger partial charge on any atom is 0.188 e. The zero-order chi connectivity index (χ0) is 18.5. The van der Waals surface area contributed by atoms with Crippen molar-refractivity contribution in [2.45, 2.75) is 13.0 Å². The second-order valence-electron chi connectivity index (χ2n) is 5.61. The standard InChI is InChI=1S/C17H19N9/c18-6-5-14(19)24-15-9-23-16(20)17(25-15)26(21)10-11-3-4-13-12(8-11)2-1-7-22-13/h1-4,6-9,18H,5,10,21H2,(H2,20,23)(H2,19,24,25). The summed E-state index contributed by atoms with van der Waals surface area (Å²) >= 11 is 0. The average Bonchev–Trinajstić information content (AvgIpc) is 2.63. The van der Waals surface area contributed by atoms with Crippen LogP contribution in [0.5, 0.6) is 0 Å². The van der Waals surface area contributed by atoms with Gasteiger partial charge < -0.3 is 16.9 Å². The van der Waals surface area contributed by atoms with E-state index in [-0.39, 0.29) is 23.9 Å². The molecule has 2 aromatic heterocycles. The third kappa shape index (κ3) is 3.90. The smallest absolute Gasteiger partial charge is 0.188 e. The fraction of sp³-hybridized carbons (Fsp3) is 0.118. The first-order valence-corrected chi connectivity index (χ1v) is 7.87. The van der Waals surface area contributed by atoms with Crippen molar-refractivity contribution < 1.29 is 0 Å². The molecule has 7 N–H and O–H groups in total. The van der Waals surface area contributed by atoms with Gasteiger partial charge in [-0.1, -0.05) is 12.1 Å². The van der Waals surface area contributed by atoms with Crippen molar-refractivity contribution in [1.29, 1.82) is 5.41 Å². The number of benzene rings is 1. The van der Waals surface area contributed by atoms with Crippen molar-refractivity contribution in [3.63, 3.8) is 0 Å². The van der Waals surface area contributed by atoms with Crippen LogP contribution in [0, 0.1) is 5.41 Å². The van der Waals surface area contributed by atoms with Gasteiger partial charge in [0.25, 0.3) is 0 Å². The van der Waals surface area contributed by atoms with Gasteiger partial charge in [0.2, 0.25) is 0 Å². The Morgan fingerprint density at radius 2 is 2.12 bits per heavy atom. The lowest BCUT2D eigenvalue weighted by atomic mass is 10.1. The number of aliphatic imine (C=N–C) groups is 1. The molecule has 0 amide bonds. The van der Waals surface area contributed by atoms with E-state index in [1.165, 1.54) is 11.2 Å². The van der Waals surface area contributed by atoms with Gasteiger partial charge in [0.1, 0.15) is 5.84 Å². The lowest BCUT2D eigenvalue weighted by Gasteiger charge is -2.19. The normalized spacial score (nSPS) is 11.5. The van der Waals surface area contributed by atoms with E-state index in [0.717, 1.165) is 22.7 Å². The van der Waals surface area contributed by atoms with Crippen LogP contribution in [0.4, 0.5) is 17.5 Å². The SMILES string of the molecule is N=CCC(N)=Nc1cnc(N)c(N(N)Cc2ccc3ncccc3c2)n1. The van der Waals surface area contributed by atoms with Gasteiger partial charge in [-0.05, 0) is 23.8 Å². The molecule has 0 radical (unpaired) electrons. The van der Waals surface area contributed by atoms with Crippen LogP contribution >= 0.6 is 0 Å². The van der Waals surface area contributed by atoms with Crippen molar-refractivity contribution in [1.82, 2.24) is 15.0 Å². The van der Waals surface area contributed by atoms with Gasteiger partial charge in [-0.3, -0.25) is 9.99 Å². The number of rotatable bonds is 6. The van der Waals surface area contributed by atoms with Crippen molar-refractivity contribution in [2.75, 3.05) is 10.7 Å². The minimum absolute atomic E-state index is 0.194. The molecule has 26 heavy (non-hydrogen) atoms. The Balaban J connectivity index is 1.85. The Morgan fingerprint density at radius 3 is 2.92 bits per heavy atom. The number of hydrogen-bond acceptors (Lipinski definition) is 8. The average molecular weight is 349 g/mol. The molecule has 0 atom stereocenters. The number of nitrogens with zero attached hydrogens (tertiary/aromatic N) is 5. The van der Waals surface area contributed by atoms with Gasteiger partial charge in [0.05, 0.1) is 18.3 Å². The number of hydrazine groups is 1. The summed E-state index contributed by atoms with van der Waals surface area (Å²) in [4.78, 5) is 16.8. The molecule has 3 rings (SSSR count). The molecule has 0 spiro atoms. The summed E-state index contributed by atoms with van der Waals surface area (Å²) in [7, 11) is 0. The molecule has 132 valence electrons. The number of nitrogens with two attached hydrogens (primary N) is 3. The molecule has 0 bridgehead atoms. The number of aromatic nitrogens is 3. The Bertz CT molecular complexity index is 967. The molecule has 9 heteroatoms. The van der Waals surface area contributed by atoms with E-state index in [9.17, 15) is 0 Å². The quantitative estimate of drug-likeness (QED) is 0.227. The molecule has 0 aliphatic rings. The number of pyridine rings is 1. The molecule has 0 aliphatic carbocycles. The van der Waals surface area contributed by atoms with E-state index in [0.29, 0.717) is 12.4 Å². The molecular weight excluding hydrogens is 330 g/mol. The Morgan fingerprint density at radius 1 is 1.27 bits per heavy atom. The monoisotopic (exact) mass is 349 g/mol. The van der Waals surface area contributed by atoms with Crippen molar-refractivity contribution in [3.8, 4) is 0 Å². The van der Waals surface area contributed by atoms with E-state index in [1.54, 1.807) is 6.20 Å². The first kappa shape index (κ1) is 17.2. The highest BCUT2D eigenvalue weighted by molar-refractivity contribution is 5.93. The molecule has 3 aromatic rings. The number of hydrogen-bond donors (Lipinski definition) is 4. The van der Waals surface area contributed by atoms with E-state index >= 15 is 0 Å². The third-order valence-corrected chi connectivity index (χ3v) is 3.63. The number of fused-ring (bicyclic) bond motifs is 1. The summed E-state index contributed by atoms with van der Waals surface area (Å²) in [5.41, 5.74) is 13.5. The molecule has 2 heterocycles. The number of anilines is 2. The maximum absolute atomic E-state index is 7.05. The molecular formula is C17H19N9. The summed E-state index contributed by atoms with van der Waals surface area (Å²) in [5, 5.41) is 9.48. The van der Waals surface area contributed by atoms with E-state index in [1.807, 2.05) is 30.3 Å². The van der Waals surface area contributed by atoms with Gasteiger partial charge >= 0.3 is 0 Å². The van der Waals surface area contributed by atoms with Crippen LogP contribution in [-0.2, 0) is 6.54 Å².